The number of rotatable bonds is 4. The van der Waals surface area contributed by atoms with Crippen molar-refractivity contribution < 1.29 is 4.74 Å². The van der Waals surface area contributed by atoms with Gasteiger partial charge in [-0.15, -0.1) is 0 Å². The van der Waals surface area contributed by atoms with Crippen LogP contribution in [0.2, 0.25) is 5.02 Å². The monoisotopic (exact) mass is 302 g/mol. The molecule has 1 aliphatic rings. The molecule has 2 aromatic rings. The molecule has 0 amide bonds. The number of ether oxygens (including phenoxy) is 1. The summed E-state index contributed by atoms with van der Waals surface area (Å²) in [5.41, 5.74) is 10.3. The van der Waals surface area contributed by atoms with Crippen molar-refractivity contribution in [1.29, 1.82) is 0 Å². The summed E-state index contributed by atoms with van der Waals surface area (Å²) in [6.45, 7) is 5.47. The van der Waals surface area contributed by atoms with Gasteiger partial charge < -0.3 is 10.5 Å². The van der Waals surface area contributed by atoms with Gasteiger partial charge in [0.15, 0.2) is 0 Å². The minimum Gasteiger partial charge on any atom is -0.492 e. The van der Waals surface area contributed by atoms with Crippen LogP contribution in [0.25, 0.3) is 0 Å². The number of nitrogens with two attached hydrogens (primary N) is 1. The third-order valence-corrected chi connectivity index (χ3v) is 4.11. The smallest absolute Gasteiger partial charge is 0.119 e. The molecule has 4 heteroatoms. The molecule has 0 aliphatic carbocycles. The Labute approximate surface area is 130 Å². The maximum Gasteiger partial charge on any atom is 0.119 e. The van der Waals surface area contributed by atoms with E-state index >= 15 is 0 Å². The topological polar surface area (TPSA) is 38.5 Å². The first-order chi connectivity index (χ1) is 10.1. The Morgan fingerprint density at radius 3 is 2.76 bits per heavy atom. The quantitative estimate of drug-likeness (QED) is 0.877. The van der Waals surface area contributed by atoms with E-state index in [-0.39, 0.29) is 0 Å². The Kier molecular flexibility index (Phi) is 4.04. The Morgan fingerprint density at radius 2 is 1.95 bits per heavy atom. The summed E-state index contributed by atoms with van der Waals surface area (Å²) in [4.78, 5) is 2.37. The number of hydrogen-bond acceptors (Lipinski definition) is 3. The van der Waals surface area contributed by atoms with Gasteiger partial charge in [-0.25, -0.2) is 0 Å². The molecule has 0 saturated carbocycles. The SMILES string of the molecule is Cc1cc(OCCN2Cc3ccc(Cl)cc3C2)ccc1N. The maximum atomic E-state index is 6.03. The second kappa shape index (κ2) is 5.96. The summed E-state index contributed by atoms with van der Waals surface area (Å²) < 4.78 is 5.80. The van der Waals surface area contributed by atoms with Crippen molar-refractivity contribution in [3.63, 3.8) is 0 Å². The lowest BCUT2D eigenvalue weighted by atomic mass is 10.1. The third-order valence-electron chi connectivity index (χ3n) is 3.87. The van der Waals surface area contributed by atoms with E-state index in [1.54, 1.807) is 0 Å². The second-order valence-electron chi connectivity index (χ2n) is 5.49. The second-order valence-corrected chi connectivity index (χ2v) is 5.93. The van der Waals surface area contributed by atoms with Gasteiger partial charge in [-0.3, -0.25) is 4.90 Å². The number of fused-ring (bicyclic) bond motifs is 1. The number of halogens is 1. The number of hydrogen-bond donors (Lipinski definition) is 1. The Balaban J connectivity index is 1.52. The summed E-state index contributed by atoms with van der Waals surface area (Å²) in [6, 6.07) is 11.9. The molecule has 1 heterocycles. The van der Waals surface area contributed by atoms with Gasteiger partial charge in [0.25, 0.3) is 0 Å². The number of benzene rings is 2. The van der Waals surface area contributed by atoms with Crippen LogP contribution in [-0.4, -0.2) is 18.1 Å². The van der Waals surface area contributed by atoms with Crippen molar-refractivity contribution in [3.05, 3.63) is 58.1 Å². The van der Waals surface area contributed by atoms with Crippen LogP contribution in [0.3, 0.4) is 0 Å². The fourth-order valence-corrected chi connectivity index (χ4v) is 2.82. The third kappa shape index (κ3) is 3.31. The van der Waals surface area contributed by atoms with Crippen LogP contribution in [0.5, 0.6) is 5.75 Å². The molecule has 2 aromatic carbocycles. The van der Waals surface area contributed by atoms with Gasteiger partial charge in [-0.2, -0.15) is 0 Å². The van der Waals surface area contributed by atoms with Crippen molar-refractivity contribution in [2.45, 2.75) is 20.0 Å². The van der Waals surface area contributed by atoms with E-state index in [4.69, 9.17) is 22.1 Å². The predicted molar refractivity (Wildman–Crippen MR) is 86.7 cm³/mol. The van der Waals surface area contributed by atoms with Gasteiger partial charge >= 0.3 is 0 Å². The van der Waals surface area contributed by atoms with Gasteiger partial charge in [0.1, 0.15) is 12.4 Å². The largest absolute Gasteiger partial charge is 0.492 e. The molecular weight excluding hydrogens is 284 g/mol. The highest BCUT2D eigenvalue weighted by atomic mass is 35.5. The molecule has 110 valence electrons. The van der Waals surface area contributed by atoms with Crippen LogP contribution in [0.1, 0.15) is 16.7 Å². The molecule has 3 nitrogen and oxygen atoms in total. The van der Waals surface area contributed by atoms with Crippen molar-refractivity contribution in [3.8, 4) is 5.75 Å². The number of anilines is 1. The van der Waals surface area contributed by atoms with Crippen LogP contribution in [-0.2, 0) is 13.1 Å². The molecule has 3 rings (SSSR count). The average Bonchev–Trinajstić information content (AvgIpc) is 2.84. The normalized spacial score (nSPS) is 14.2. The highest BCUT2D eigenvalue weighted by molar-refractivity contribution is 6.30. The van der Waals surface area contributed by atoms with Crippen molar-refractivity contribution in [1.82, 2.24) is 4.90 Å². The number of nitrogens with zero attached hydrogens (tertiary/aromatic N) is 1. The standard InChI is InChI=1S/C17H19ClN2O/c1-12-8-16(4-5-17(12)19)21-7-6-20-10-13-2-3-15(18)9-14(13)11-20/h2-5,8-9H,6-7,10-11,19H2,1H3. The molecule has 0 radical (unpaired) electrons. The fourth-order valence-electron chi connectivity index (χ4n) is 2.62. The lowest BCUT2D eigenvalue weighted by Gasteiger charge is -2.15. The molecule has 0 aromatic heterocycles. The van der Waals surface area contributed by atoms with E-state index in [0.717, 1.165) is 41.7 Å². The molecule has 0 unspecified atom stereocenters. The van der Waals surface area contributed by atoms with Crippen LogP contribution < -0.4 is 10.5 Å². The number of nitrogen functional groups attached to an aromatic ring is 1. The van der Waals surface area contributed by atoms with Gasteiger partial charge in [-0.05, 0) is 53.9 Å². The zero-order valence-corrected chi connectivity index (χ0v) is 12.9. The Morgan fingerprint density at radius 1 is 1.14 bits per heavy atom. The van der Waals surface area contributed by atoms with E-state index in [0.29, 0.717) is 6.61 Å². The van der Waals surface area contributed by atoms with Gasteiger partial charge in [0, 0.05) is 30.3 Å². The molecular formula is C17H19ClN2O. The van der Waals surface area contributed by atoms with Crippen LogP contribution in [0.4, 0.5) is 5.69 Å². The summed E-state index contributed by atoms with van der Waals surface area (Å²) in [7, 11) is 0. The Hall–Kier alpha value is -1.71. The van der Waals surface area contributed by atoms with Gasteiger partial charge in [0.2, 0.25) is 0 Å². The van der Waals surface area contributed by atoms with Crippen molar-refractivity contribution in [2.24, 2.45) is 0 Å². The molecule has 0 spiro atoms. The zero-order valence-electron chi connectivity index (χ0n) is 12.1. The molecule has 21 heavy (non-hydrogen) atoms. The van der Waals surface area contributed by atoms with Gasteiger partial charge in [-0.1, -0.05) is 17.7 Å². The van der Waals surface area contributed by atoms with Crippen LogP contribution in [0.15, 0.2) is 36.4 Å². The first-order valence-corrected chi connectivity index (χ1v) is 7.48. The van der Waals surface area contributed by atoms with Crippen LogP contribution >= 0.6 is 11.6 Å². The average molecular weight is 303 g/mol. The zero-order chi connectivity index (χ0) is 14.8. The molecule has 2 N–H and O–H groups in total. The van der Waals surface area contributed by atoms with E-state index in [9.17, 15) is 0 Å². The molecule has 0 saturated heterocycles. The Bertz CT molecular complexity index is 657. The molecule has 0 bridgehead atoms. The van der Waals surface area contributed by atoms with E-state index < -0.39 is 0 Å². The van der Waals surface area contributed by atoms with Crippen molar-refractivity contribution in [2.75, 3.05) is 18.9 Å². The lowest BCUT2D eigenvalue weighted by molar-refractivity contribution is 0.211. The first kappa shape index (κ1) is 14.2. The summed E-state index contributed by atoms with van der Waals surface area (Å²) in [6.07, 6.45) is 0. The van der Waals surface area contributed by atoms with Crippen molar-refractivity contribution >= 4 is 17.3 Å². The molecule has 0 atom stereocenters. The number of aryl methyl sites for hydroxylation is 1. The van der Waals surface area contributed by atoms with E-state index in [1.165, 1.54) is 11.1 Å². The summed E-state index contributed by atoms with van der Waals surface area (Å²) in [5, 5.41) is 0.809. The van der Waals surface area contributed by atoms with Crippen LogP contribution in [0, 0.1) is 6.92 Å². The molecule has 1 aliphatic heterocycles. The van der Waals surface area contributed by atoms with E-state index in [2.05, 4.69) is 17.0 Å². The first-order valence-electron chi connectivity index (χ1n) is 7.10. The molecule has 0 fully saturated rings. The lowest BCUT2D eigenvalue weighted by Crippen LogP contribution is -2.22. The minimum absolute atomic E-state index is 0.672. The maximum absolute atomic E-state index is 6.03. The fraction of sp³-hybridized carbons (Fsp3) is 0.294. The predicted octanol–water partition coefficient (Wildman–Crippen LogP) is 3.63. The highest BCUT2D eigenvalue weighted by Crippen LogP contribution is 2.25. The van der Waals surface area contributed by atoms with Gasteiger partial charge in [0.05, 0.1) is 0 Å². The highest BCUT2D eigenvalue weighted by Gasteiger charge is 2.18. The minimum atomic E-state index is 0.672. The summed E-state index contributed by atoms with van der Waals surface area (Å²) in [5.74, 6) is 0.876. The summed E-state index contributed by atoms with van der Waals surface area (Å²) >= 11 is 6.03. The van der Waals surface area contributed by atoms with E-state index in [1.807, 2.05) is 31.2 Å².